The van der Waals surface area contributed by atoms with E-state index in [1.54, 1.807) is 18.2 Å². The Morgan fingerprint density at radius 2 is 2.29 bits per heavy atom. The van der Waals surface area contributed by atoms with Crippen LogP contribution >= 0.6 is 15.9 Å². The third-order valence-corrected chi connectivity index (χ3v) is 2.53. The molecule has 5 heteroatoms. The summed E-state index contributed by atoms with van der Waals surface area (Å²) in [6.07, 6.45) is 0.664. The Labute approximate surface area is 87.3 Å². The van der Waals surface area contributed by atoms with Crippen molar-refractivity contribution in [1.82, 2.24) is 4.57 Å². The minimum atomic E-state index is -0.515. The van der Waals surface area contributed by atoms with Crippen LogP contribution in [0.2, 0.25) is 0 Å². The largest absolute Gasteiger partial charge is 0.420 e. The van der Waals surface area contributed by atoms with Crippen molar-refractivity contribution >= 4 is 33.3 Å². The number of aldehydes is 1. The van der Waals surface area contributed by atoms with E-state index in [1.165, 1.54) is 4.57 Å². The fourth-order valence-corrected chi connectivity index (χ4v) is 1.74. The second kappa shape index (κ2) is 3.42. The van der Waals surface area contributed by atoms with Gasteiger partial charge in [0.25, 0.3) is 0 Å². The van der Waals surface area contributed by atoms with Crippen molar-refractivity contribution < 1.29 is 9.21 Å². The van der Waals surface area contributed by atoms with Gasteiger partial charge in [-0.25, -0.2) is 4.79 Å². The van der Waals surface area contributed by atoms with Crippen molar-refractivity contribution in [3.8, 4) is 0 Å². The molecule has 0 unspecified atom stereocenters. The standard InChI is InChI=1S/C9H6BrNO3/c10-6-2-1-3-7-8(6)14-9(13)11(7)4-5-12/h1-3,5H,4H2. The van der Waals surface area contributed by atoms with Crippen LogP contribution in [0.25, 0.3) is 11.1 Å². The average molecular weight is 256 g/mol. The van der Waals surface area contributed by atoms with Crippen LogP contribution in [0.3, 0.4) is 0 Å². The van der Waals surface area contributed by atoms with E-state index in [2.05, 4.69) is 15.9 Å². The van der Waals surface area contributed by atoms with Gasteiger partial charge in [0.15, 0.2) is 5.58 Å². The molecule has 0 spiro atoms. The molecule has 1 aromatic carbocycles. The van der Waals surface area contributed by atoms with E-state index in [1.807, 2.05) is 0 Å². The third kappa shape index (κ3) is 1.29. The van der Waals surface area contributed by atoms with Crippen LogP contribution in [0.4, 0.5) is 0 Å². The number of halogens is 1. The normalized spacial score (nSPS) is 10.6. The molecule has 0 amide bonds. The van der Waals surface area contributed by atoms with Crippen molar-refractivity contribution in [1.29, 1.82) is 0 Å². The van der Waals surface area contributed by atoms with E-state index in [0.717, 1.165) is 0 Å². The summed E-state index contributed by atoms with van der Waals surface area (Å²) in [6, 6.07) is 5.29. The van der Waals surface area contributed by atoms with Crippen molar-refractivity contribution in [2.75, 3.05) is 0 Å². The molecular weight excluding hydrogens is 250 g/mol. The lowest BCUT2D eigenvalue weighted by molar-refractivity contribution is -0.108. The van der Waals surface area contributed by atoms with Gasteiger partial charge in [-0.05, 0) is 28.1 Å². The number of benzene rings is 1. The molecule has 0 aliphatic heterocycles. The number of carbonyl (C=O) groups excluding carboxylic acids is 1. The van der Waals surface area contributed by atoms with Crippen LogP contribution in [0.5, 0.6) is 0 Å². The summed E-state index contributed by atoms with van der Waals surface area (Å²) in [6.45, 7) is 0.0162. The molecular formula is C9H6BrNO3. The quantitative estimate of drug-likeness (QED) is 0.766. The van der Waals surface area contributed by atoms with Crippen LogP contribution in [0.15, 0.2) is 31.9 Å². The fourth-order valence-electron chi connectivity index (χ4n) is 1.30. The van der Waals surface area contributed by atoms with Crippen molar-refractivity contribution in [2.45, 2.75) is 6.54 Å². The Balaban J connectivity index is 2.83. The van der Waals surface area contributed by atoms with Gasteiger partial charge < -0.3 is 9.21 Å². The van der Waals surface area contributed by atoms with Crippen molar-refractivity contribution in [3.05, 3.63) is 33.2 Å². The minimum absolute atomic E-state index is 0.0162. The molecule has 0 atom stereocenters. The highest BCUT2D eigenvalue weighted by molar-refractivity contribution is 9.10. The van der Waals surface area contributed by atoms with Gasteiger partial charge in [0.05, 0.1) is 16.5 Å². The fraction of sp³-hybridized carbons (Fsp3) is 0.111. The second-order valence-electron chi connectivity index (χ2n) is 2.73. The first-order valence-electron chi connectivity index (χ1n) is 3.95. The summed E-state index contributed by atoms with van der Waals surface area (Å²) in [5.41, 5.74) is 1.09. The lowest BCUT2D eigenvalue weighted by Gasteiger charge is -1.94. The highest BCUT2D eigenvalue weighted by Gasteiger charge is 2.10. The first kappa shape index (κ1) is 9.21. The van der Waals surface area contributed by atoms with Gasteiger partial charge in [0.1, 0.15) is 6.29 Å². The van der Waals surface area contributed by atoms with E-state index < -0.39 is 5.76 Å². The van der Waals surface area contributed by atoms with E-state index in [9.17, 15) is 9.59 Å². The topological polar surface area (TPSA) is 52.2 Å². The summed E-state index contributed by atoms with van der Waals surface area (Å²) in [5, 5.41) is 0. The average Bonchev–Trinajstić information content (AvgIpc) is 2.47. The monoisotopic (exact) mass is 255 g/mol. The Morgan fingerprint density at radius 3 is 3.00 bits per heavy atom. The molecule has 14 heavy (non-hydrogen) atoms. The summed E-state index contributed by atoms with van der Waals surface area (Å²) < 4.78 is 6.97. The zero-order valence-corrected chi connectivity index (χ0v) is 8.65. The predicted octanol–water partition coefficient (Wildman–Crippen LogP) is 1.56. The first-order chi connectivity index (χ1) is 6.74. The molecule has 0 N–H and O–H groups in total. The third-order valence-electron chi connectivity index (χ3n) is 1.90. The Bertz CT molecular complexity index is 540. The lowest BCUT2D eigenvalue weighted by Crippen LogP contribution is -2.14. The number of hydrogen-bond acceptors (Lipinski definition) is 3. The minimum Gasteiger partial charge on any atom is -0.406 e. The Morgan fingerprint density at radius 1 is 1.50 bits per heavy atom. The zero-order chi connectivity index (χ0) is 10.1. The molecule has 0 aliphatic carbocycles. The molecule has 0 saturated heterocycles. The predicted molar refractivity (Wildman–Crippen MR) is 54.2 cm³/mol. The van der Waals surface area contributed by atoms with Crippen LogP contribution < -0.4 is 5.76 Å². The Hall–Kier alpha value is -1.36. The van der Waals surface area contributed by atoms with Crippen molar-refractivity contribution in [2.24, 2.45) is 0 Å². The van der Waals surface area contributed by atoms with Gasteiger partial charge in [0, 0.05) is 0 Å². The van der Waals surface area contributed by atoms with E-state index >= 15 is 0 Å². The molecule has 72 valence electrons. The molecule has 1 heterocycles. The maximum Gasteiger partial charge on any atom is 0.420 e. The lowest BCUT2D eigenvalue weighted by atomic mass is 10.3. The molecule has 0 fully saturated rings. The number of nitrogens with zero attached hydrogens (tertiary/aromatic N) is 1. The van der Waals surface area contributed by atoms with Gasteiger partial charge in [-0.3, -0.25) is 4.57 Å². The first-order valence-corrected chi connectivity index (χ1v) is 4.75. The molecule has 1 aromatic heterocycles. The molecule has 0 bridgehead atoms. The smallest absolute Gasteiger partial charge is 0.406 e. The molecule has 4 nitrogen and oxygen atoms in total. The zero-order valence-electron chi connectivity index (χ0n) is 7.07. The summed E-state index contributed by atoms with van der Waals surface area (Å²) in [4.78, 5) is 21.6. The van der Waals surface area contributed by atoms with E-state index in [-0.39, 0.29) is 6.54 Å². The number of fused-ring (bicyclic) bond motifs is 1. The van der Waals surface area contributed by atoms with Gasteiger partial charge in [-0.15, -0.1) is 0 Å². The number of carbonyl (C=O) groups is 1. The summed E-state index contributed by atoms with van der Waals surface area (Å²) >= 11 is 3.26. The highest BCUT2D eigenvalue weighted by Crippen LogP contribution is 2.22. The molecule has 2 aromatic rings. The van der Waals surface area contributed by atoms with Crippen molar-refractivity contribution in [3.63, 3.8) is 0 Å². The van der Waals surface area contributed by atoms with Crippen LogP contribution in [0.1, 0.15) is 0 Å². The highest BCUT2D eigenvalue weighted by atomic mass is 79.9. The van der Waals surface area contributed by atoms with Crippen LogP contribution in [-0.2, 0) is 11.3 Å². The number of rotatable bonds is 2. The summed E-state index contributed by atoms with van der Waals surface area (Å²) in [5.74, 6) is -0.515. The number of oxazole rings is 1. The summed E-state index contributed by atoms with van der Waals surface area (Å²) in [7, 11) is 0. The van der Waals surface area contributed by atoms with E-state index in [0.29, 0.717) is 21.9 Å². The van der Waals surface area contributed by atoms with Gasteiger partial charge >= 0.3 is 5.76 Å². The Kier molecular flexibility index (Phi) is 2.25. The number of hydrogen-bond donors (Lipinski definition) is 0. The maximum absolute atomic E-state index is 11.3. The van der Waals surface area contributed by atoms with Gasteiger partial charge in [-0.2, -0.15) is 0 Å². The maximum atomic E-state index is 11.3. The number of para-hydroxylation sites is 1. The SMILES string of the molecule is O=CCn1c(=O)oc2c(Br)cccc21. The molecule has 0 radical (unpaired) electrons. The number of aromatic nitrogens is 1. The van der Waals surface area contributed by atoms with Crippen LogP contribution in [0, 0.1) is 0 Å². The van der Waals surface area contributed by atoms with Gasteiger partial charge in [0.2, 0.25) is 0 Å². The van der Waals surface area contributed by atoms with E-state index in [4.69, 9.17) is 4.42 Å². The molecule has 0 saturated carbocycles. The second-order valence-corrected chi connectivity index (χ2v) is 3.59. The van der Waals surface area contributed by atoms with Crippen LogP contribution in [-0.4, -0.2) is 10.9 Å². The molecule has 0 aliphatic rings. The van der Waals surface area contributed by atoms with Gasteiger partial charge in [-0.1, -0.05) is 6.07 Å². The molecule has 2 rings (SSSR count).